The summed E-state index contributed by atoms with van der Waals surface area (Å²) in [6.45, 7) is 9.84. The van der Waals surface area contributed by atoms with Gasteiger partial charge >= 0.3 is 0 Å². The molecule has 3 nitrogen and oxygen atoms in total. The van der Waals surface area contributed by atoms with E-state index in [-0.39, 0.29) is 17.7 Å². The highest BCUT2D eigenvalue weighted by Crippen LogP contribution is 2.44. The van der Waals surface area contributed by atoms with Crippen LogP contribution in [0.25, 0.3) is 6.08 Å². The van der Waals surface area contributed by atoms with Crippen molar-refractivity contribution in [1.29, 1.82) is 0 Å². The van der Waals surface area contributed by atoms with Crippen LogP contribution in [0, 0.1) is 11.8 Å². The predicted octanol–water partition coefficient (Wildman–Crippen LogP) is 4.64. The summed E-state index contributed by atoms with van der Waals surface area (Å²) >= 11 is 0. The predicted molar refractivity (Wildman–Crippen MR) is 103 cm³/mol. The van der Waals surface area contributed by atoms with Crippen LogP contribution in [0.1, 0.15) is 24.5 Å². The topological polar surface area (TPSA) is 41.5 Å². The van der Waals surface area contributed by atoms with Crippen molar-refractivity contribution >= 4 is 23.9 Å². The molecule has 1 aliphatic rings. The van der Waals surface area contributed by atoms with Gasteiger partial charge < -0.3 is 5.32 Å². The number of hydrogen-bond donors (Lipinski definition) is 1. The van der Waals surface area contributed by atoms with Crippen LogP contribution in [0.4, 0.5) is 5.69 Å². The van der Waals surface area contributed by atoms with Gasteiger partial charge in [-0.25, -0.2) is 0 Å². The molecule has 1 fully saturated rings. The lowest BCUT2D eigenvalue weighted by Gasteiger charge is -2.08. The normalized spacial score (nSPS) is 19.9. The summed E-state index contributed by atoms with van der Waals surface area (Å²) in [7, 11) is 1.73. The molecule has 1 aliphatic carbocycles. The number of hydrogen-bond acceptors (Lipinski definition) is 2. The van der Waals surface area contributed by atoms with Gasteiger partial charge in [0.05, 0.1) is 0 Å². The van der Waals surface area contributed by atoms with Crippen LogP contribution in [-0.4, -0.2) is 19.2 Å². The Bertz CT molecular complexity index is 725. The standard InChI is InChI=1S/C21H24N2O/c1-5-7-8-9-15(3)19-13-20(19)21(24)23-18-11-10-17(14-22-4)16(6-2)12-18/h5-12,14,19-20H,2-3,13H2,1,4H3,(H,23,24)/b7-5-,9-8-,22-14?/t19-,20+/m0/s1. The van der Waals surface area contributed by atoms with Crippen molar-refractivity contribution in [1.82, 2.24) is 0 Å². The average molecular weight is 320 g/mol. The smallest absolute Gasteiger partial charge is 0.228 e. The van der Waals surface area contributed by atoms with Crippen molar-refractivity contribution < 1.29 is 4.79 Å². The molecule has 1 aromatic carbocycles. The van der Waals surface area contributed by atoms with Crippen molar-refractivity contribution in [3.8, 4) is 0 Å². The Labute approximate surface area is 144 Å². The molecule has 0 saturated heterocycles. The van der Waals surface area contributed by atoms with Gasteiger partial charge in [-0.2, -0.15) is 0 Å². The monoisotopic (exact) mass is 320 g/mol. The summed E-state index contributed by atoms with van der Waals surface area (Å²) in [6, 6.07) is 5.74. The highest BCUT2D eigenvalue weighted by Gasteiger charge is 2.43. The van der Waals surface area contributed by atoms with Gasteiger partial charge in [-0.3, -0.25) is 9.79 Å². The molecule has 1 amide bonds. The second kappa shape index (κ2) is 8.25. The third kappa shape index (κ3) is 4.42. The second-order valence-electron chi connectivity index (χ2n) is 5.83. The summed E-state index contributed by atoms with van der Waals surface area (Å²) in [4.78, 5) is 16.4. The van der Waals surface area contributed by atoms with Gasteiger partial charge in [0.2, 0.25) is 5.91 Å². The van der Waals surface area contributed by atoms with E-state index in [0.717, 1.165) is 28.8 Å². The van der Waals surface area contributed by atoms with E-state index in [0.29, 0.717) is 0 Å². The molecule has 2 rings (SSSR count). The summed E-state index contributed by atoms with van der Waals surface area (Å²) in [6.07, 6.45) is 12.3. The van der Waals surface area contributed by atoms with E-state index < -0.39 is 0 Å². The van der Waals surface area contributed by atoms with Crippen molar-refractivity contribution in [2.45, 2.75) is 13.3 Å². The van der Waals surface area contributed by atoms with Gasteiger partial charge in [-0.05, 0) is 42.5 Å². The van der Waals surface area contributed by atoms with Crippen LogP contribution in [0.3, 0.4) is 0 Å². The first-order valence-electron chi connectivity index (χ1n) is 8.08. The SMILES string of the molecule is C=Cc1cc(NC(=O)[C@@H]2C[C@H]2C(=C)/C=C\C=C/C)ccc1C=NC. The molecule has 1 N–H and O–H groups in total. The maximum atomic E-state index is 12.4. The number of aliphatic imine (C=N–C) groups is 1. The molecular weight excluding hydrogens is 296 g/mol. The fourth-order valence-electron chi connectivity index (χ4n) is 2.63. The zero-order chi connectivity index (χ0) is 17.5. The van der Waals surface area contributed by atoms with E-state index in [1.165, 1.54) is 0 Å². The summed E-state index contributed by atoms with van der Waals surface area (Å²) in [5.74, 6) is 0.307. The van der Waals surface area contributed by atoms with Crippen LogP contribution >= 0.6 is 0 Å². The third-order valence-corrected chi connectivity index (χ3v) is 4.06. The number of rotatable bonds is 7. The minimum Gasteiger partial charge on any atom is -0.326 e. The maximum absolute atomic E-state index is 12.4. The van der Waals surface area contributed by atoms with E-state index in [1.54, 1.807) is 19.3 Å². The van der Waals surface area contributed by atoms with Crippen LogP contribution in [-0.2, 0) is 4.79 Å². The van der Waals surface area contributed by atoms with Crippen LogP contribution < -0.4 is 5.32 Å². The van der Waals surface area contributed by atoms with Crippen molar-refractivity contribution in [3.05, 3.63) is 72.4 Å². The van der Waals surface area contributed by atoms with Crippen molar-refractivity contribution in [2.24, 2.45) is 16.8 Å². The van der Waals surface area contributed by atoms with Gasteiger partial charge in [0.15, 0.2) is 0 Å². The minimum atomic E-state index is 0.0109. The number of anilines is 1. The Hall–Kier alpha value is -2.68. The molecule has 0 radical (unpaired) electrons. The number of nitrogens with one attached hydrogen (secondary N) is 1. The Morgan fingerprint density at radius 1 is 1.29 bits per heavy atom. The lowest BCUT2D eigenvalue weighted by atomic mass is 10.1. The number of allylic oxidation sites excluding steroid dienone is 5. The molecule has 1 saturated carbocycles. The number of carbonyl (C=O) groups excluding carboxylic acids is 1. The lowest BCUT2D eigenvalue weighted by molar-refractivity contribution is -0.117. The molecule has 124 valence electrons. The Kier molecular flexibility index (Phi) is 6.07. The van der Waals surface area contributed by atoms with Crippen LogP contribution in [0.5, 0.6) is 0 Å². The average Bonchev–Trinajstić information content (AvgIpc) is 3.37. The fourth-order valence-corrected chi connectivity index (χ4v) is 2.63. The van der Waals surface area contributed by atoms with Gasteiger partial charge in [-0.15, -0.1) is 0 Å². The van der Waals surface area contributed by atoms with E-state index in [9.17, 15) is 4.79 Å². The molecule has 0 unspecified atom stereocenters. The molecule has 0 heterocycles. The van der Waals surface area contributed by atoms with Gasteiger partial charge in [0.1, 0.15) is 0 Å². The van der Waals surface area contributed by atoms with E-state index >= 15 is 0 Å². The fraction of sp³-hybridized carbons (Fsp3) is 0.238. The zero-order valence-electron chi connectivity index (χ0n) is 14.3. The molecule has 0 spiro atoms. The van der Waals surface area contributed by atoms with E-state index in [1.807, 2.05) is 49.4 Å². The number of benzene rings is 1. The van der Waals surface area contributed by atoms with Gasteiger partial charge in [0.25, 0.3) is 0 Å². The zero-order valence-corrected chi connectivity index (χ0v) is 14.3. The molecule has 0 aromatic heterocycles. The number of carbonyl (C=O) groups is 1. The van der Waals surface area contributed by atoms with Crippen LogP contribution in [0.15, 0.2) is 66.2 Å². The molecule has 24 heavy (non-hydrogen) atoms. The molecular formula is C21H24N2O. The van der Waals surface area contributed by atoms with Crippen molar-refractivity contribution in [2.75, 3.05) is 12.4 Å². The molecule has 3 heteroatoms. The second-order valence-corrected chi connectivity index (χ2v) is 5.83. The maximum Gasteiger partial charge on any atom is 0.228 e. The largest absolute Gasteiger partial charge is 0.326 e. The molecule has 0 aliphatic heterocycles. The van der Waals surface area contributed by atoms with Gasteiger partial charge in [0, 0.05) is 24.9 Å². The van der Waals surface area contributed by atoms with E-state index in [2.05, 4.69) is 23.5 Å². The van der Waals surface area contributed by atoms with Crippen LogP contribution in [0.2, 0.25) is 0 Å². The first-order chi connectivity index (χ1) is 11.6. The molecule has 1 aromatic rings. The Balaban J connectivity index is 1.99. The molecule has 0 bridgehead atoms. The Morgan fingerprint density at radius 3 is 2.75 bits per heavy atom. The third-order valence-electron chi connectivity index (χ3n) is 4.06. The number of nitrogens with zero attached hydrogens (tertiary/aromatic N) is 1. The van der Waals surface area contributed by atoms with Crippen molar-refractivity contribution in [3.63, 3.8) is 0 Å². The first kappa shape index (κ1) is 17.7. The summed E-state index contributed by atoms with van der Waals surface area (Å²) < 4.78 is 0. The highest BCUT2D eigenvalue weighted by atomic mass is 16.2. The summed E-state index contributed by atoms with van der Waals surface area (Å²) in [5, 5.41) is 2.99. The highest BCUT2D eigenvalue weighted by molar-refractivity contribution is 5.96. The number of amides is 1. The minimum absolute atomic E-state index is 0.0109. The lowest BCUT2D eigenvalue weighted by Crippen LogP contribution is -2.15. The first-order valence-corrected chi connectivity index (χ1v) is 8.08. The van der Waals surface area contributed by atoms with E-state index in [4.69, 9.17) is 0 Å². The Morgan fingerprint density at radius 2 is 2.08 bits per heavy atom. The van der Waals surface area contributed by atoms with Gasteiger partial charge in [-0.1, -0.05) is 55.2 Å². The molecule has 2 atom stereocenters. The summed E-state index contributed by atoms with van der Waals surface area (Å²) in [5.41, 5.74) is 3.72. The quantitative estimate of drug-likeness (QED) is 0.577.